The van der Waals surface area contributed by atoms with E-state index in [1.807, 2.05) is 18.2 Å². The van der Waals surface area contributed by atoms with Gasteiger partial charge in [0.1, 0.15) is 5.52 Å². The first-order chi connectivity index (χ1) is 13.0. The molecule has 0 saturated heterocycles. The molecule has 3 aromatic rings. The maximum atomic E-state index is 12.7. The maximum absolute atomic E-state index is 12.7. The van der Waals surface area contributed by atoms with Crippen LogP contribution in [0.15, 0.2) is 46.9 Å². The second-order valence-electron chi connectivity index (χ2n) is 6.84. The molecule has 1 aliphatic rings. The van der Waals surface area contributed by atoms with Gasteiger partial charge >= 0.3 is 0 Å². The van der Waals surface area contributed by atoms with Gasteiger partial charge in [0.05, 0.1) is 12.5 Å². The minimum atomic E-state index is -0.245. The summed E-state index contributed by atoms with van der Waals surface area (Å²) in [6.07, 6.45) is 1.03. The molecule has 4 rings (SSSR count). The molecule has 1 N–H and O–H groups in total. The SMILES string of the molecule is CC(=O)N1CCc2ccccc2C1CC(=O)Nc1ccc2oc(C)nc2c1. The summed E-state index contributed by atoms with van der Waals surface area (Å²) in [6, 6.07) is 13.2. The molecule has 2 aromatic carbocycles. The molecule has 6 heteroatoms. The fourth-order valence-electron chi connectivity index (χ4n) is 3.76. The zero-order chi connectivity index (χ0) is 19.0. The first kappa shape index (κ1) is 17.3. The van der Waals surface area contributed by atoms with Crippen molar-refractivity contribution in [1.29, 1.82) is 0 Å². The van der Waals surface area contributed by atoms with Gasteiger partial charge in [0, 0.05) is 26.1 Å². The summed E-state index contributed by atoms with van der Waals surface area (Å²) in [6.45, 7) is 3.98. The Bertz CT molecular complexity index is 1020. The van der Waals surface area contributed by atoms with Crippen molar-refractivity contribution in [1.82, 2.24) is 9.88 Å². The Labute approximate surface area is 157 Å². The highest BCUT2D eigenvalue weighted by atomic mass is 16.3. The Morgan fingerprint density at radius 2 is 2.07 bits per heavy atom. The zero-order valence-corrected chi connectivity index (χ0v) is 15.4. The number of aryl methyl sites for hydroxylation is 1. The molecule has 0 spiro atoms. The number of nitrogens with one attached hydrogen (secondary N) is 1. The van der Waals surface area contributed by atoms with Crippen molar-refractivity contribution in [3.05, 3.63) is 59.5 Å². The molecule has 1 atom stereocenters. The molecule has 1 aromatic heterocycles. The largest absolute Gasteiger partial charge is 0.441 e. The van der Waals surface area contributed by atoms with Gasteiger partial charge in [-0.15, -0.1) is 0 Å². The molecular formula is C21H21N3O3. The van der Waals surface area contributed by atoms with Gasteiger partial charge in [0.2, 0.25) is 11.8 Å². The fraction of sp³-hybridized carbons (Fsp3) is 0.286. The number of fused-ring (bicyclic) bond motifs is 2. The van der Waals surface area contributed by atoms with Crippen LogP contribution in [0.25, 0.3) is 11.1 Å². The summed E-state index contributed by atoms with van der Waals surface area (Å²) in [5, 5.41) is 2.92. The number of anilines is 1. The Morgan fingerprint density at radius 3 is 2.89 bits per heavy atom. The topological polar surface area (TPSA) is 75.4 Å². The lowest BCUT2D eigenvalue weighted by Crippen LogP contribution is -2.40. The number of aromatic nitrogens is 1. The Hall–Kier alpha value is -3.15. The lowest BCUT2D eigenvalue weighted by Gasteiger charge is -2.36. The molecule has 0 radical (unpaired) electrons. The van der Waals surface area contributed by atoms with E-state index in [1.54, 1.807) is 36.9 Å². The number of carbonyl (C=O) groups is 2. The average molecular weight is 363 g/mol. The van der Waals surface area contributed by atoms with E-state index in [0.29, 0.717) is 29.2 Å². The van der Waals surface area contributed by atoms with Crippen LogP contribution < -0.4 is 5.32 Å². The van der Waals surface area contributed by atoms with E-state index in [0.717, 1.165) is 12.0 Å². The van der Waals surface area contributed by atoms with Crippen molar-refractivity contribution in [2.45, 2.75) is 32.7 Å². The molecule has 1 aliphatic heterocycles. The molecule has 0 bridgehead atoms. The third kappa shape index (κ3) is 3.43. The van der Waals surface area contributed by atoms with Crippen LogP contribution in [0.5, 0.6) is 0 Å². The third-order valence-corrected chi connectivity index (χ3v) is 4.97. The Morgan fingerprint density at radius 1 is 1.26 bits per heavy atom. The van der Waals surface area contributed by atoms with Crippen molar-refractivity contribution in [2.24, 2.45) is 0 Å². The summed E-state index contributed by atoms with van der Waals surface area (Å²) in [4.78, 5) is 30.9. The number of nitrogens with zero attached hydrogens (tertiary/aromatic N) is 2. The van der Waals surface area contributed by atoms with Gasteiger partial charge in [-0.3, -0.25) is 9.59 Å². The molecule has 2 heterocycles. The van der Waals surface area contributed by atoms with E-state index in [-0.39, 0.29) is 24.3 Å². The highest BCUT2D eigenvalue weighted by Gasteiger charge is 2.30. The van der Waals surface area contributed by atoms with Gasteiger partial charge in [0.25, 0.3) is 0 Å². The summed E-state index contributed by atoms with van der Waals surface area (Å²) in [5.41, 5.74) is 4.32. The van der Waals surface area contributed by atoms with E-state index >= 15 is 0 Å². The summed E-state index contributed by atoms with van der Waals surface area (Å²) in [5.74, 6) is 0.439. The van der Waals surface area contributed by atoms with Gasteiger partial charge in [-0.1, -0.05) is 24.3 Å². The van der Waals surface area contributed by atoms with E-state index in [2.05, 4.69) is 16.4 Å². The predicted molar refractivity (Wildman–Crippen MR) is 102 cm³/mol. The van der Waals surface area contributed by atoms with Gasteiger partial charge in [-0.2, -0.15) is 0 Å². The van der Waals surface area contributed by atoms with Gasteiger partial charge in [-0.05, 0) is 35.7 Å². The number of oxazole rings is 1. The maximum Gasteiger partial charge on any atom is 0.226 e. The van der Waals surface area contributed by atoms with Crippen molar-refractivity contribution in [2.75, 3.05) is 11.9 Å². The van der Waals surface area contributed by atoms with Crippen LogP contribution >= 0.6 is 0 Å². The predicted octanol–water partition coefficient (Wildman–Crippen LogP) is 3.61. The van der Waals surface area contributed by atoms with Crippen LogP contribution in [0.4, 0.5) is 5.69 Å². The van der Waals surface area contributed by atoms with Crippen LogP contribution in [0.3, 0.4) is 0 Å². The normalized spacial score (nSPS) is 16.2. The average Bonchev–Trinajstić information content (AvgIpc) is 3.01. The van der Waals surface area contributed by atoms with Crippen molar-refractivity contribution in [3.8, 4) is 0 Å². The number of hydrogen-bond donors (Lipinski definition) is 1. The Kier molecular flexibility index (Phi) is 4.39. The molecule has 0 saturated carbocycles. The number of carbonyl (C=O) groups excluding carboxylic acids is 2. The second-order valence-corrected chi connectivity index (χ2v) is 6.84. The summed E-state index contributed by atoms with van der Waals surface area (Å²) < 4.78 is 5.46. The molecule has 0 aliphatic carbocycles. The monoisotopic (exact) mass is 363 g/mol. The van der Waals surface area contributed by atoms with Crippen LogP contribution in [0, 0.1) is 6.92 Å². The smallest absolute Gasteiger partial charge is 0.226 e. The lowest BCUT2D eigenvalue weighted by molar-refractivity contribution is -0.132. The first-order valence-corrected chi connectivity index (χ1v) is 9.03. The second kappa shape index (κ2) is 6.87. The minimum Gasteiger partial charge on any atom is -0.441 e. The first-order valence-electron chi connectivity index (χ1n) is 9.03. The number of benzene rings is 2. The number of rotatable bonds is 3. The molecule has 27 heavy (non-hydrogen) atoms. The van der Waals surface area contributed by atoms with Crippen LogP contribution in [0.2, 0.25) is 0 Å². The number of hydrogen-bond acceptors (Lipinski definition) is 4. The van der Waals surface area contributed by atoms with Gasteiger partial charge in [0.15, 0.2) is 11.5 Å². The van der Waals surface area contributed by atoms with Gasteiger partial charge in [-0.25, -0.2) is 4.98 Å². The molecule has 1 unspecified atom stereocenters. The summed E-state index contributed by atoms with van der Waals surface area (Å²) in [7, 11) is 0. The van der Waals surface area contributed by atoms with Crippen LogP contribution in [-0.2, 0) is 16.0 Å². The highest BCUT2D eigenvalue weighted by molar-refractivity contribution is 5.93. The highest BCUT2D eigenvalue weighted by Crippen LogP contribution is 2.32. The molecule has 0 fully saturated rings. The Balaban J connectivity index is 1.55. The third-order valence-electron chi connectivity index (χ3n) is 4.97. The standard InChI is InChI=1S/C21H21N3O3/c1-13-22-18-11-16(7-8-20(18)27-13)23-21(26)12-19-17-6-4-3-5-15(17)9-10-24(19)14(2)25/h3-8,11,19H,9-10,12H2,1-2H3,(H,23,26). The lowest BCUT2D eigenvalue weighted by atomic mass is 9.90. The molecule has 2 amide bonds. The van der Waals surface area contributed by atoms with Crippen LogP contribution in [0.1, 0.15) is 36.4 Å². The van der Waals surface area contributed by atoms with E-state index < -0.39 is 0 Å². The van der Waals surface area contributed by atoms with E-state index in [4.69, 9.17) is 4.42 Å². The molecular weight excluding hydrogens is 342 g/mol. The zero-order valence-electron chi connectivity index (χ0n) is 15.4. The minimum absolute atomic E-state index is 0.0122. The van der Waals surface area contributed by atoms with Crippen LogP contribution in [-0.4, -0.2) is 28.2 Å². The summed E-state index contributed by atoms with van der Waals surface area (Å²) >= 11 is 0. The van der Waals surface area contributed by atoms with Crippen molar-refractivity contribution < 1.29 is 14.0 Å². The van der Waals surface area contributed by atoms with Crippen molar-refractivity contribution in [3.63, 3.8) is 0 Å². The molecule has 138 valence electrons. The molecule has 6 nitrogen and oxygen atoms in total. The van der Waals surface area contributed by atoms with Crippen molar-refractivity contribution >= 4 is 28.6 Å². The fourth-order valence-corrected chi connectivity index (χ4v) is 3.76. The number of amides is 2. The quantitative estimate of drug-likeness (QED) is 0.771. The van der Waals surface area contributed by atoms with E-state index in [1.165, 1.54) is 5.56 Å². The van der Waals surface area contributed by atoms with E-state index in [9.17, 15) is 9.59 Å². The van der Waals surface area contributed by atoms with Gasteiger partial charge < -0.3 is 14.6 Å².